The zero-order valence-corrected chi connectivity index (χ0v) is 10.8. The predicted molar refractivity (Wildman–Crippen MR) is 76.7 cm³/mol. The molecule has 0 saturated heterocycles. The summed E-state index contributed by atoms with van der Waals surface area (Å²) in [6.07, 6.45) is -1.15. The SMILES string of the molecule is O=C(O)Nc1ccc(-c2ccccc2)cc1-c1nn[nH]n1. The molecule has 0 fully saturated rings. The number of benzene rings is 2. The maximum Gasteiger partial charge on any atom is 0.409 e. The second-order valence-electron chi connectivity index (χ2n) is 4.29. The molecule has 2 aromatic carbocycles. The van der Waals surface area contributed by atoms with Gasteiger partial charge < -0.3 is 5.11 Å². The molecule has 21 heavy (non-hydrogen) atoms. The summed E-state index contributed by atoms with van der Waals surface area (Å²) >= 11 is 0. The van der Waals surface area contributed by atoms with Gasteiger partial charge in [0.15, 0.2) is 0 Å². The zero-order chi connectivity index (χ0) is 14.7. The van der Waals surface area contributed by atoms with Crippen molar-refractivity contribution >= 4 is 11.8 Å². The van der Waals surface area contributed by atoms with Crippen LogP contribution in [-0.4, -0.2) is 31.8 Å². The highest BCUT2D eigenvalue weighted by Gasteiger charge is 2.13. The van der Waals surface area contributed by atoms with Crippen molar-refractivity contribution in [2.45, 2.75) is 0 Å². The van der Waals surface area contributed by atoms with Crippen molar-refractivity contribution in [2.75, 3.05) is 5.32 Å². The molecule has 7 heteroatoms. The number of carbonyl (C=O) groups is 1. The van der Waals surface area contributed by atoms with Gasteiger partial charge in [-0.25, -0.2) is 4.79 Å². The molecule has 0 aliphatic carbocycles. The van der Waals surface area contributed by atoms with Gasteiger partial charge in [0.25, 0.3) is 0 Å². The third-order valence-electron chi connectivity index (χ3n) is 2.95. The first-order chi connectivity index (χ1) is 10.2. The summed E-state index contributed by atoms with van der Waals surface area (Å²) in [6.45, 7) is 0. The summed E-state index contributed by atoms with van der Waals surface area (Å²) in [5, 5.41) is 24.9. The van der Waals surface area contributed by atoms with Gasteiger partial charge in [0.05, 0.1) is 5.69 Å². The lowest BCUT2D eigenvalue weighted by Crippen LogP contribution is -2.08. The number of nitrogens with zero attached hydrogens (tertiary/aromatic N) is 3. The standard InChI is InChI=1S/C14H11N5O2/c20-14(21)15-12-7-6-10(9-4-2-1-3-5-9)8-11(12)13-16-18-19-17-13/h1-8,15H,(H,20,21)(H,16,17,18,19). The van der Waals surface area contributed by atoms with Crippen LogP contribution < -0.4 is 5.32 Å². The highest BCUT2D eigenvalue weighted by atomic mass is 16.4. The van der Waals surface area contributed by atoms with Crippen molar-refractivity contribution in [3.8, 4) is 22.5 Å². The molecule has 1 heterocycles. The molecule has 3 aromatic rings. The van der Waals surface area contributed by atoms with E-state index in [2.05, 4.69) is 25.9 Å². The number of aromatic amines is 1. The lowest BCUT2D eigenvalue weighted by molar-refractivity contribution is 0.210. The number of tetrazole rings is 1. The largest absolute Gasteiger partial charge is 0.465 e. The fraction of sp³-hybridized carbons (Fsp3) is 0. The van der Waals surface area contributed by atoms with E-state index >= 15 is 0 Å². The number of anilines is 1. The Bertz CT molecular complexity index is 756. The number of nitrogens with one attached hydrogen (secondary N) is 2. The maximum atomic E-state index is 10.9. The fourth-order valence-corrected chi connectivity index (χ4v) is 2.04. The molecular formula is C14H11N5O2. The third kappa shape index (κ3) is 2.71. The van der Waals surface area contributed by atoms with E-state index in [9.17, 15) is 4.79 Å². The summed E-state index contributed by atoms with van der Waals surface area (Å²) in [5.41, 5.74) is 2.92. The van der Waals surface area contributed by atoms with Crippen molar-refractivity contribution < 1.29 is 9.90 Å². The summed E-state index contributed by atoms with van der Waals surface area (Å²) in [5.74, 6) is 0.330. The van der Waals surface area contributed by atoms with E-state index in [1.54, 1.807) is 6.07 Å². The van der Waals surface area contributed by atoms with E-state index < -0.39 is 6.09 Å². The summed E-state index contributed by atoms with van der Waals surface area (Å²) in [6, 6.07) is 15.1. The monoisotopic (exact) mass is 281 g/mol. The lowest BCUT2D eigenvalue weighted by atomic mass is 10.0. The van der Waals surface area contributed by atoms with Gasteiger partial charge in [-0.3, -0.25) is 5.32 Å². The number of carboxylic acid groups (broad SMARTS) is 1. The van der Waals surface area contributed by atoms with Gasteiger partial charge in [0.2, 0.25) is 5.82 Å². The number of rotatable bonds is 3. The van der Waals surface area contributed by atoms with Crippen LogP contribution in [0.5, 0.6) is 0 Å². The molecule has 3 rings (SSSR count). The lowest BCUT2D eigenvalue weighted by Gasteiger charge is -2.09. The molecule has 0 radical (unpaired) electrons. The van der Waals surface area contributed by atoms with Crippen LogP contribution in [0.1, 0.15) is 0 Å². The minimum Gasteiger partial charge on any atom is -0.465 e. The van der Waals surface area contributed by atoms with E-state index in [0.717, 1.165) is 11.1 Å². The Morgan fingerprint density at radius 1 is 1.10 bits per heavy atom. The van der Waals surface area contributed by atoms with E-state index in [1.165, 1.54) is 0 Å². The van der Waals surface area contributed by atoms with Crippen LogP contribution in [0.25, 0.3) is 22.5 Å². The van der Waals surface area contributed by atoms with Gasteiger partial charge in [-0.05, 0) is 28.5 Å². The number of amides is 1. The van der Waals surface area contributed by atoms with E-state index in [-0.39, 0.29) is 0 Å². The van der Waals surface area contributed by atoms with Gasteiger partial charge in [0, 0.05) is 5.56 Å². The highest BCUT2D eigenvalue weighted by molar-refractivity contribution is 5.90. The summed E-state index contributed by atoms with van der Waals surface area (Å²) in [7, 11) is 0. The molecule has 0 spiro atoms. The van der Waals surface area contributed by atoms with Crippen molar-refractivity contribution in [3.63, 3.8) is 0 Å². The Labute approximate surface area is 119 Å². The Morgan fingerprint density at radius 3 is 2.57 bits per heavy atom. The van der Waals surface area contributed by atoms with Gasteiger partial charge in [-0.1, -0.05) is 36.4 Å². The average Bonchev–Trinajstić information content (AvgIpc) is 3.02. The Balaban J connectivity index is 2.11. The summed E-state index contributed by atoms with van der Waals surface area (Å²) < 4.78 is 0. The molecule has 0 aliphatic heterocycles. The molecule has 0 saturated carbocycles. The Hall–Kier alpha value is -3.22. The van der Waals surface area contributed by atoms with Crippen molar-refractivity contribution in [1.82, 2.24) is 20.6 Å². The molecule has 0 unspecified atom stereocenters. The summed E-state index contributed by atoms with van der Waals surface area (Å²) in [4.78, 5) is 10.9. The van der Waals surface area contributed by atoms with Crippen LogP contribution in [0.15, 0.2) is 48.5 Å². The second kappa shape index (κ2) is 5.41. The first kappa shape index (κ1) is 12.8. The minimum atomic E-state index is -1.15. The molecule has 0 bridgehead atoms. The first-order valence-corrected chi connectivity index (χ1v) is 6.17. The Kier molecular flexibility index (Phi) is 3.30. The fourth-order valence-electron chi connectivity index (χ4n) is 2.04. The number of hydrogen-bond acceptors (Lipinski definition) is 4. The van der Waals surface area contributed by atoms with E-state index in [4.69, 9.17) is 5.11 Å². The normalized spacial score (nSPS) is 10.3. The van der Waals surface area contributed by atoms with Crippen LogP contribution >= 0.6 is 0 Å². The predicted octanol–water partition coefficient (Wildman–Crippen LogP) is 2.62. The molecule has 1 aromatic heterocycles. The smallest absolute Gasteiger partial charge is 0.409 e. The number of H-pyrrole nitrogens is 1. The number of hydrogen-bond donors (Lipinski definition) is 3. The van der Waals surface area contributed by atoms with E-state index in [1.807, 2.05) is 42.5 Å². The van der Waals surface area contributed by atoms with Crippen LogP contribution in [0.3, 0.4) is 0 Å². The zero-order valence-electron chi connectivity index (χ0n) is 10.8. The van der Waals surface area contributed by atoms with Crippen LogP contribution in [0.2, 0.25) is 0 Å². The molecule has 104 valence electrons. The van der Waals surface area contributed by atoms with Gasteiger partial charge >= 0.3 is 6.09 Å². The van der Waals surface area contributed by atoms with Crippen LogP contribution in [0.4, 0.5) is 10.5 Å². The van der Waals surface area contributed by atoms with Gasteiger partial charge in [-0.2, -0.15) is 5.21 Å². The highest BCUT2D eigenvalue weighted by Crippen LogP contribution is 2.30. The van der Waals surface area contributed by atoms with Gasteiger partial charge in [0.1, 0.15) is 0 Å². The molecule has 0 aliphatic rings. The molecular weight excluding hydrogens is 270 g/mol. The topological polar surface area (TPSA) is 104 Å². The van der Waals surface area contributed by atoms with Crippen molar-refractivity contribution in [3.05, 3.63) is 48.5 Å². The van der Waals surface area contributed by atoms with Crippen LogP contribution in [-0.2, 0) is 0 Å². The quantitative estimate of drug-likeness (QED) is 0.684. The molecule has 0 atom stereocenters. The van der Waals surface area contributed by atoms with Gasteiger partial charge in [-0.15, -0.1) is 10.2 Å². The van der Waals surface area contributed by atoms with Crippen molar-refractivity contribution in [2.24, 2.45) is 0 Å². The average molecular weight is 281 g/mol. The maximum absolute atomic E-state index is 10.9. The first-order valence-electron chi connectivity index (χ1n) is 6.17. The van der Waals surface area contributed by atoms with E-state index in [0.29, 0.717) is 17.1 Å². The second-order valence-corrected chi connectivity index (χ2v) is 4.29. The molecule has 7 nitrogen and oxygen atoms in total. The Morgan fingerprint density at radius 2 is 1.90 bits per heavy atom. The molecule has 3 N–H and O–H groups in total. The minimum absolute atomic E-state index is 0.330. The van der Waals surface area contributed by atoms with Crippen molar-refractivity contribution in [1.29, 1.82) is 0 Å². The molecule has 1 amide bonds. The number of aromatic nitrogens is 4. The third-order valence-corrected chi connectivity index (χ3v) is 2.95. The van der Waals surface area contributed by atoms with Crippen LogP contribution in [0, 0.1) is 0 Å².